The lowest BCUT2D eigenvalue weighted by molar-refractivity contribution is -0.159. The summed E-state index contributed by atoms with van der Waals surface area (Å²) in [6.45, 7) is 6.84. The summed E-state index contributed by atoms with van der Waals surface area (Å²) >= 11 is 0. The largest absolute Gasteiger partial charge is 0.484 e. The first kappa shape index (κ1) is 20.9. The van der Waals surface area contributed by atoms with Gasteiger partial charge >= 0.3 is 11.9 Å². The predicted molar refractivity (Wildman–Crippen MR) is 108 cm³/mol. The highest BCUT2D eigenvalue weighted by molar-refractivity contribution is 6.27. The standard InChI is InChI=1S/C20H26N2O.C2H2O4/c1-2-11-21-13-9-16(10-14-21)20-18-7-5-12-22(18)15-17-6-3-4-8-19(17)23-20;3-1(4)2(5)6/h3-8,12,16,20H,2,9-11,13-15H2,1H3;(H,3,4)(H,5,6). The van der Waals surface area contributed by atoms with Crippen LogP contribution in [-0.2, 0) is 16.1 Å². The molecule has 1 unspecified atom stereocenters. The Balaban J connectivity index is 0.000000353. The molecule has 2 aromatic rings. The molecule has 0 radical (unpaired) electrons. The van der Waals surface area contributed by atoms with Gasteiger partial charge < -0.3 is 24.4 Å². The average Bonchev–Trinajstić information content (AvgIpc) is 3.10. The van der Waals surface area contributed by atoms with Crippen molar-refractivity contribution in [3.8, 4) is 5.75 Å². The molecule has 3 heterocycles. The van der Waals surface area contributed by atoms with Crippen LogP contribution in [0.3, 0.4) is 0 Å². The van der Waals surface area contributed by atoms with Gasteiger partial charge in [0.1, 0.15) is 11.9 Å². The van der Waals surface area contributed by atoms with Gasteiger partial charge in [-0.05, 0) is 57.1 Å². The SMILES string of the molecule is CCCN1CCC(C2Oc3ccccc3Cn3cccc32)CC1.O=C(O)C(=O)O. The molecule has 156 valence electrons. The van der Waals surface area contributed by atoms with E-state index in [4.69, 9.17) is 24.5 Å². The summed E-state index contributed by atoms with van der Waals surface area (Å²) in [5.74, 6) is -1.97. The Hall–Kier alpha value is -2.80. The van der Waals surface area contributed by atoms with Gasteiger partial charge in [0.2, 0.25) is 0 Å². The van der Waals surface area contributed by atoms with Crippen LogP contribution < -0.4 is 4.74 Å². The smallest absolute Gasteiger partial charge is 0.414 e. The van der Waals surface area contributed by atoms with Crippen LogP contribution in [0.5, 0.6) is 5.75 Å². The Labute approximate surface area is 170 Å². The number of likely N-dealkylation sites (tertiary alicyclic amines) is 1. The first-order valence-electron chi connectivity index (χ1n) is 10.1. The average molecular weight is 400 g/mol. The molecule has 1 aromatic carbocycles. The molecule has 2 aliphatic heterocycles. The van der Waals surface area contributed by atoms with Crippen molar-refractivity contribution in [3.63, 3.8) is 0 Å². The van der Waals surface area contributed by atoms with Crippen LogP contribution in [0.15, 0.2) is 42.6 Å². The number of nitrogens with zero attached hydrogens (tertiary/aromatic N) is 2. The number of carboxylic acids is 2. The van der Waals surface area contributed by atoms with E-state index in [-0.39, 0.29) is 6.10 Å². The molecular weight excluding hydrogens is 372 g/mol. The van der Waals surface area contributed by atoms with Gasteiger partial charge in [0.25, 0.3) is 0 Å². The minimum Gasteiger partial charge on any atom is -0.484 e. The third-order valence-corrected chi connectivity index (χ3v) is 5.51. The Morgan fingerprint density at radius 1 is 1.07 bits per heavy atom. The summed E-state index contributed by atoms with van der Waals surface area (Å²) in [6.07, 6.45) is 6.11. The summed E-state index contributed by atoms with van der Waals surface area (Å²) in [7, 11) is 0. The van der Waals surface area contributed by atoms with Gasteiger partial charge in [-0.1, -0.05) is 25.1 Å². The number of hydrogen-bond acceptors (Lipinski definition) is 4. The van der Waals surface area contributed by atoms with Crippen molar-refractivity contribution in [2.24, 2.45) is 5.92 Å². The van der Waals surface area contributed by atoms with Crippen LogP contribution >= 0.6 is 0 Å². The lowest BCUT2D eigenvalue weighted by atomic mass is 9.89. The van der Waals surface area contributed by atoms with Crippen molar-refractivity contribution in [2.75, 3.05) is 19.6 Å². The molecular formula is C22H28N2O5. The molecule has 0 saturated carbocycles. The molecule has 29 heavy (non-hydrogen) atoms. The third-order valence-electron chi connectivity index (χ3n) is 5.51. The molecule has 1 atom stereocenters. The lowest BCUT2D eigenvalue weighted by Gasteiger charge is -2.35. The lowest BCUT2D eigenvalue weighted by Crippen LogP contribution is -2.37. The Morgan fingerprint density at radius 3 is 2.41 bits per heavy atom. The van der Waals surface area contributed by atoms with Gasteiger partial charge in [-0.25, -0.2) is 9.59 Å². The minimum absolute atomic E-state index is 0.192. The van der Waals surface area contributed by atoms with E-state index in [0.29, 0.717) is 5.92 Å². The van der Waals surface area contributed by atoms with E-state index in [1.807, 2.05) is 0 Å². The second-order valence-electron chi connectivity index (χ2n) is 7.50. The van der Waals surface area contributed by atoms with Gasteiger partial charge in [0, 0.05) is 17.7 Å². The molecule has 1 saturated heterocycles. The maximum absolute atomic E-state index is 9.10. The molecule has 4 rings (SSSR count). The minimum atomic E-state index is -1.82. The number of aromatic nitrogens is 1. The summed E-state index contributed by atoms with van der Waals surface area (Å²) in [5.41, 5.74) is 2.63. The number of carbonyl (C=O) groups is 2. The van der Waals surface area contributed by atoms with Crippen molar-refractivity contribution in [1.29, 1.82) is 0 Å². The van der Waals surface area contributed by atoms with E-state index < -0.39 is 11.9 Å². The van der Waals surface area contributed by atoms with Crippen LogP contribution in [0, 0.1) is 5.92 Å². The zero-order chi connectivity index (χ0) is 20.8. The van der Waals surface area contributed by atoms with Gasteiger partial charge in [0.15, 0.2) is 0 Å². The number of carboxylic acid groups (broad SMARTS) is 2. The van der Waals surface area contributed by atoms with E-state index >= 15 is 0 Å². The van der Waals surface area contributed by atoms with E-state index in [1.54, 1.807) is 0 Å². The zero-order valence-electron chi connectivity index (χ0n) is 16.7. The molecule has 0 amide bonds. The molecule has 7 nitrogen and oxygen atoms in total. The quantitative estimate of drug-likeness (QED) is 0.769. The van der Waals surface area contributed by atoms with Crippen LogP contribution in [0.4, 0.5) is 0 Å². The fourth-order valence-corrected chi connectivity index (χ4v) is 4.09. The highest BCUT2D eigenvalue weighted by Gasteiger charge is 2.32. The van der Waals surface area contributed by atoms with E-state index in [0.717, 1.165) is 12.3 Å². The Morgan fingerprint density at radius 2 is 1.76 bits per heavy atom. The van der Waals surface area contributed by atoms with Crippen molar-refractivity contribution in [3.05, 3.63) is 53.9 Å². The Bertz CT molecular complexity index is 827. The van der Waals surface area contributed by atoms with Gasteiger partial charge in [0.05, 0.1) is 12.2 Å². The number of fused-ring (bicyclic) bond motifs is 2. The summed E-state index contributed by atoms with van der Waals surface area (Å²) in [5, 5.41) is 14.8. The Kier molecular flexibility index (Phi) is 6.93. The van der Waals surface area contributed by atoms with Crippen molar-refractivity contribution >= 4 is 11.9 Å². The molecule has 0 aliphatic carbocycles. The van der Waals surface area contributed by atoms with Crippen molar-refractivity contribution < 1.29 is 24.5 Å². The normalized spacial score (nSPS) is 19.0. The monoisotopic (exact) mass is 400 g/mol. The highest BCUT2D eigenvalue weighted by Crippen LogP contribution is 2.38. The molecule has 2 N–H and O–H groups in total. The van der Waals surface area contributed by atoms with E-state index in [1.165, 1.54) is 50.2 Å². The second-order valence-corrected chi connectivity index (χ2v) is 7.50. The maximum atomic E-state index is 9.10. The summed E-state index contributed by atoms with van der Waals surface area (Å²) < 4.78 is 8.91. The molecule has 1 fully saturated rings. The fraction of sp³-hybridized carbons (Fsp3) is 0.455. The van der Waals surface area contributed by atoms with Crippen LogP contribution in [0.2, 0.25) is 0 Å². The number of benzene rings is 1. The number of aliphatic carboxylic acids is 2. The van der Waals surface area contributed by atoms with Gasteiger partial charge in [-0.3, -0.25) is 0 Å². The topological polar surface area (TPSA) is 92.0 Å². The van der Waals surface area contributed by atoms with E-state index in [9.17, 15) is 0 Å². The predicted octanol–water partition coefficient (Wildman–Crippen LogP) is 3.25. The number of para-hydroxylation sites is 1. The number of piperidine rings is 1. The zero-order valence-corrected chi connectivity index (χ0v) is 16.7. The van der Waals surface area contributed by atoms with Gasteiger partial charge in [-0.2, -0.15) is 0 Å². The molecule has 1 aromatic heterocycles. The molecule has 7 heteroatoms. The third kappa shape index (κ3) is 5.17. The fourth-order valence-electron chi connectivity index (χ4n) is 4.09. The molecule has 0 bridgehead atoms. The van der Waals surface area contributed by atoms with Crippen LogP contribution in [0.1, 0.15) is 43.5 Å². The van der Waals surface area contributed by atoms with Crippen LogP contribution in [-0.4, -0.2) is 51.3 Å². The second kappa shape index (κ2) is 9.60. The summed E-state index contributed by atoms with van der Waals surface area (Å²) in [6, 6.07) is 12.9. The summed E-state index contributed by atoms with van der Waals surface area (Å²) in [4.78, 5) is 20.8. The first-order valence-corrected chi connectivity index (χ1v) is 10.1. The number of hydrogen-bond donors (Lipinski definition) is 2. The van der Waals surface area contributed by atoms with Crippen molar-refractivity contribution in [2.45, 2.75) is 38.8 Å². The number of rotatable bonds is 3. The van der Waals surface area contributed by atoms with E-state index in [2.05, 4.69) is 59.0 Å². The number of ether oxygens (including phenoxy) is 1. The highest BCUT2D eigenvalue weighted by atomic mass is 16.5. The van der Waals surface area contributed by atoms with Crippen molar-refractivity contribution in [1.82, 2.24) is 9.47 Å². The molecule has 2 aliphatic rings. The maximum Gasteiger partial charge on any atom is 0.414 e. The molecule has 0 spiro atoms. The van der Waals surface area contributed by atoms with Crippen LogP contribution in [0.25, 0.3) is 0 Å². The first-order chi connectivity index (χ1) is 14.0. The van der Waals surface area contributed by atoms with Gasteiger partial charge in [-0.15, -0.1) is 0 Å².